The second-order valence-corrected chi connectivity index (χ2v) is 3.30. The van der Waals surface area contributed by atoms with Crippen LogP contribution in [0.5, 0.6) is 0 Å². The molecule has 2 aromatic rings. The van der Waals surface area contributed by atoms with Gasteiger partial charge in [-0.25, -0.2) is 4.98 Å². The third-order valence-corrected chi connectivity index (χ3v) is 1.91. The zero-order chi connectivity index (χ0) is 10.7. The van der Waals surface area contributed by atoms with Crippen LogP contribution in [0.25, 0.3) is 0 Å². The number of nitrogens with zero attached hydrogens (tertiary/aromatic N) is 3. The first-order valence-corrected chi connectivity index (χ1v) is 4.70. The molecule has 78 valence electrons. The summed E-state index contributed by atoms with van der Waals surface area (Å²) in [6, 6.07) is 3.91. The molecule has 0 radical (unpaired) electrons. The average Bonchev–Trinajstić information content (AvgIpc) is 2.62. The number of aromatic nitrogens is 3. The van der Waals surface area contributed by atoms with Crippen LogP contribution in [-0.4, -0.2) is 15.1 Å². The van der Waals surface area contributed by atoms with Crippen LogP contribution in [0.15, 0.2) is 22.9 Å². The van der Waals surface area contributed by atoms with Crippen molar-refractivity contribution in [2.24, 2.45) is 0 Å². The van der Waals surface area contributed by atoms with Crippen molar-refractivity contribution in [3.05, 3.63) is 35.6 Å². The smallest absolute Gasteiger partial charge is 0.223 e. The summed E-state index contributed by atoms with van der Waals surface area (Å²) in [5.74, 6) is 2.03. The molecule has 15 heavy (non-hydrogen) atoms. The van der Waals surface area contributed by atoms with Crippen molar-refractivity contribution in [2.45, 2.75) is 20.4 Å². The minimum Gasteiger partial charge on any atom is -0.363 e. The topological polar surface area (TPSA) is 63.8 Å². The first-order chi connectivity index (χ1) is 7.24. The number of pyridine rings is 1. The molecule has 0 aliphatic heterocycles. The zero-order valence-corrected chi connectivity index (χ0v) is 8.69. The molecule has 0 saturated heterocycles. The van der Waals surface area contributed by atoms with Gasteiger partial charge in [-0.05, 0) is 24.6 Å². The standard InChI is InChI=1S/C10H12N4O/c1-7-3-4-11-9(5-7)12-6-10-13-8(2)15-14-10/h3-5H,6H2,1-2H3,(H,11,12). The Morgan fingerprint density at radius 3 is 2.93 bits per heavy atom. The molecule has 2 heterocycles. The minimum atomic E-state index is 0.522. The van der Waals surface area contributed by atoms with Crippen LogP contribution in [-0.2, 0) is 6.54 Å². The Morgan fingerprint density at radius 1 is 1.40 bits per heavy atom. The Hall–Kier alpha value is -1.91. The van der Waals surface area contributed by atoms with E-state index in [4.69, 9.17) is 4.52 Å². The monoisotopic (exact) mass is 204 g/mol. The number of hydrogen-bond acceptors (Lipinski definition) is 5. The number of nitrogens with one attached hydrogen (secondary N) is 1. The summed E-state index contributed by atoms with van der Waals surface area (Å²) >= 11 is 0. The van der Waals surface area contributed by atoms with Crippen LogP contribution in [0, 0.1) is 13.8 Å². The number of rotatable bonds is 3. The molecule has 5 nitrogen and oxygen atoms in total. The van der Waals surface area contributed by atoms with E-state index in [9.17, 15) is 0 Å². The van der Waals surface area contributed by atoms with E-state index >= 15 is 0 Å². The first-order valence-electron chi connectivity index (χ1n) is 4.70. The minimum absolute atomic E-state index is 0.522. The van der Waals surface area contributed by atoms with Gasteiger partial charge in [0.2, 0.25) is 5.89 Å². The largest absolute Gasteiger partial charge is 0.363 e. The van der Waals surface area contributed by atoms with Gasteiger partial charge in [0.25, 0.3) is 0 Å². The van der Waals surface area contributed by atoms with Crippen LogP contribution >= 0.6 is 0 Å². The predicted octanol–water partition coefficient (Wildman–Crippen LogP) is 1.69. The number of hydrogen-bond donors (Lipinski definition) is 1. The van der Waals surface area contributed by atoms with E-state index in [2.05, 4.69) is 20.4 Å². The Labute approximate surface area is 87.5 Å². The number of anilines is 1. The first kappa shape index (κ1) is 9.64. The van der Waals surface area contributed by atoms with Gasteiger partial charge in [0.1, 0.15) is 5.82 Å². The van der Waals surface area contributed by atoms with E-state index < -0.39 is 0 Å². The molecule has 0 aromatic carbocycles. The summed E-state index contributed by atoms with van der Waals surface area (Å²) in [5.41, 5.74) is 1.16. The van der Waals surface area contributed by atoms with E-state index in [1.807, 2.05) is 19.1 Å². The van der Waals surface area contributed by atoms with Gasteiger partial charge in [-0.1, -0.05) is 5.16 Å². The van der Waals surface area contributed by atoms with Crippen molar-refractivity contribution in [1.29, 1.82) is 0 Å². The van der Waals surface area contributed by atoms with Crippen LogP contribution in [0.2, 0.25) is 0 Å². The number of aryl methyl sites for hydroxylation is 2. The molecule has 2 rings (SSSR count). The van der Waals surface area contributed by atoms with Gasteiger partial charge in [-0.3, -0.25) is 0 Å². The Kier molecular flexibility index (Phi) is 2.62. The summed E-state index contributed by atoms with van der Waals surface area (Å²) in [4.78, 5) is 8.24. The molecule has 0 aliphatic carbocycles. The van der Waals surface area contributed by atoms with E-state index in [0.29, 0.717) is 18.3 Å². The molecule has 0 amide bonds. The molecule has 0 fully saturated rings. The van der Waals surface area contributed by atoms with Crippen molar-refractivity contribution in [2.75, 3.05) is 5.32 Å². The van der Waals surface area contributed by atoms with Crippen LogP contribution in [0.1, 0.15) is 17.3 Å². The maximum Gasteiger partial charge on any atom is 0.223 e. The second-order valence-electron chi connectivity index (χ2n) is 3.30. The van der Waals surface area contributed by atoms with Crippen molar-refractivity contribution in [3.63, 3.8) is 0 Å². The lowest BCUT2D eigenvalue weighted by atomic mass is 10.3. The highest BCUT2D eigenvalue weighted by molar-refractivity contribution is 5.36. The van der Waals surface area contributed by atoms with Crippen LogP contribution in [0.3, 0.4) is 0 Å². The molecule has 2 aromatic heterocycles. The fourth-order valence-electron chi connectivity index (χ4n) is 1.22. The average molecular weight is 204 g/mol. The summed E-state index contributed by atoms with van der Waals surface area (Å²) in [7, 11) is 0. The van der Waals surface area contributed by atoms with Crippen molar-refractivity contribution < 1.29 is 4.52 Å². The van der Waals surface area contributed by atoms with E-state index in [-0.39, 0.29) is 0 Å². The zero-order valence-electron chi connectivity index (χ0n) is 8.69. The summed E-state index contributed by atoms with van der Waals surface area (Å²) in [6.45, 7) is 4.31. The van der Waals surface area contributed by atoms with Gasteiger partial charge < -0.3 is 9.84 Å². The normalized spacial score (nSPS) is 10.3. The van der Waals surface area contributed by atoms with Gasteiger partial charge >= 0.3 is 0 Å². The summed E-state index contributed by atoms with van der Waals surface area (Å²) in [6.07, 6.45) is 1.76. The van der Waals surface area contributed by atoms with Gasteiger partial charge in [-0.2, -0.15) is 4.98 Å². The van der Waals surface area contributed by atoms with Crippen molar-refractivity contribution in [1.82, 2.24) is 15.1 Å². The highest BCUT2D eigenvalue weighted by Gasteiger charge is 2.01. The molecule has 5 heteroatoms. The lowest BCUT2D eigenvalue weighted by Crippen LogP contribution is -2.02. The van der Waals surface area contributed by atoms with Crippen molar-refractivity contribution in [3.8, 4) is 0 Å². The molecule has 0 bridgehead atoms. The molecular formula is C10H12N4O. The molecule has 0 saturated carbocycles. The van der Waals surface area contributed by atoms with Gasteiger partial charge in [0.15, 0.2) is 5.82 Å². The molecule has 1 N–H and O–H groups in total. The summed E-state index contributed by atoms with van der Waals surface area (Å²) in [5, 5.41) is 6.90. The molecule has 0 spiro atoms. The quantitative estimate of drug-likeness (QED) is 0.824. The van der Waals surface area contributed by atoms with Gasteiger partial charge in [0, 0.05) is 13.1 Å². The molecular weight excluding hydrogens is 192 g/mol. The van der Waals surface area contributed by atoms with Gasteiger partial charge in [-0.15, -0.1) is 0 Å². The Bertz CT molecular complexity index is 452. The van der Waals surface area contributed by atoms with E-state index in [1.165, 1.54) is 0 Å². The molecule has 0 atom stereocenters. The second kappa shape index (κ2) is 4.08. The Balaban J connectivity index is 1.99. The summed E-state index contributed by atoms with van der Waals surface area (Å²) < 4.78 is 4.86. The third-order valence-electron chi connectivity index (χ3n) is 1.91. The highest BCUT2D eigenvalue weighted by Crippen LogP contribution is 2.06. The third kappa shape index (κ3) is 2.52. The predicted molar refractivity (Wildman–Crippen MR) is 55.3 cm³/mol. The molecule has 0 aliphatic rings. The molecule has 0 unspecified atom stereocenters. The maximum atomic E-state index is 4.86. The van der Waals surface area contributed by atoms with Gasteiger partial charge in [0.05, 0.1) is 6.54 Å². The van der Waals surface area contributed by atoms with E-state index in [0.717, 1.165) is 11.4 Å². The van der Waals surface area contributed by atoms with E-state index in [1.54, 1.807) is 13.1 Å². The lowest BCUT2D eigenvalue weighted by molar-refractivity contribution is 0.388. The van der Waals surface area contributed by atoms with Crippen LogP contribution < -0.4 is 5.32 Å². The fraction of sp³-hybridized carbons (Fsp3) is 0.300. The highest BCUT2D eigenvalue weighted by atomic mass is 16.5. The maximum absolute atomic E-state index is 4.86. The van der Waals surface area contributed by atoms with Crippen LogP contribution in [0.4, 0.5) is 5.82 Å². The lowest BCUT2D eigenvalue weighted by Gasteiger charge is -2.02. The SMILES string of the molecule is Cc1ccnc(NCc2noc(C)n2)c1. The van der Waals surface area contributed by atoms with Crippen molar-refractivity contribution >= 4 is 5.82 Å². The fourth-order valence-corrected chi connectivity index (χ4v) is 1.22. The Morgan fingerprint density at radius 2 is 2.27 bits per heavy atom.